The molecule has 0 heterocycles. The Morgan fingerprint density at radius 2 is 1.44 bits per heavy atom. The van der Waals surface area contributed by atoms with E-state index < -0.39 is 23.9 Å². The highest BCUT2D eigenvalue weighted by Crippen LogP contribution is 1.88. The fourth-order valence-electron chi connectivity index (χ4n) is 0.554. The van der Waals surface area contributed by atoms with Crippen LogP contribution in [0.3, 0.4) is 0 Å². The number of carboxylic acid groups (broad SMARTS) is 3. The SMILES string of the molecule is [NH3+]C(CCC(=O)[O-])C(=O)[O-].[NH3+]CCC(=O)[O-]. The monoisotopic (exact) mass is 235 g/mol. The van der Waals surface area contributed by atoms with Gasteiger partial charge in [-0.1, -0.05) is 0 Å². The van der Waals surface area contributed by atoms with Crippen molar-refractivity contribution in [2.45, 2.75) is 25.3 Å². The maximum atomic E-state index is 9.92. The Morgan fingerprint density at radius 3 is 1.62 bits per heavy atom. The molecule has 0 spiro atoms. The minimum absolute atomic E-state index is 0.0370. The molecule has 0 rings (SSSR count). The summed E-state index contributed by atoms with van der Waals surface area (Å²) in [7, 11) is 0. The molecule has 0 amide bonds. The second-order valence-electron chi connectivity index (χ2n) is 2.90. The molecule has 8 nitrogen and oxygen atoms in total. The average Bonchev–Trinajstić information content (AvgIpc) is 2.14. The van der Waals surface area contributed by atoms with Crippen LogP contribution < -0.4 is 26.8 Å². The molecule has 0 saturated heterocycles. The third kappa shape index (κ3) is 14.8. The number of carbonyl (C=O) groups is 3. The summed E-state index contributed by atoms with van der Waals surface area (Å²) in [6, 6.07) is -0.960. The van der Waals surface area contributed by atoms with Gasteiger partial charge in [0.2, 0.25) is 0 Å². The Balaban J connectivity index is 0. The van der Waals surface area contributed by atoms with Crippen LogP contribution in [0.1, 0.15) is 19.3 Å². The Morgan fingerprint density at radius 1 is 1.00 bits per heavy atom. The minimum Gasteiger partial charge on any atom is -0.550 e. The predicted octanol–water partition coefficient (Wildman–Crippen LogP) is -6.75. The Bertz CT molecular complexity index is 243. The highest BCUT2D eigenvalue weighted by molar-refractivity contribution is 5.71. The van der Waals surface area contributed by atoms with Crippen molar-refractivity contribution in [3.63, 3.8) is 0 Å². The second-order valence-corrected chi connectivity index (χ2v) is 2.90. The van der Waals surface area contributed by atoms with Crippen LogP contribution in [0, 0.1) is 0 Å². The highest BCUT2D eigenvalue weighted by Gasteiger charge is 2.05. The molecule has 0 aliphatic rings. The molecule has 0 aliphatic carbocycles. The van der Waals surface area contributed by atoms with E-state index in [0.29, 0.717) is 6.54 Å². The third-order valence-electron chi connectivity index (χ3n) is 1.41. The first-order valence-corrected chi connectivity index (χ1v) is 4.54. The molecular formula is C8H15N2O6-. The van der Waals surface area contributed by atoms with E-state index in [1.807, 2.05) is 0 Å². The lowest BCUT2D eigenvalue weighted by Gasteiger charge is -2.08. The van der Waals surface area contributed by atoms with Crippen molar-refractivity contribution in [2.24, 2.45) is 0 Å². The summed E-state index contributed by atoms with van der Waals surface area (Å²) in [5.74, 6) is -3.62. The molecular weight excluding hydrogens is 220 g/mol. The van der Waals surface area contributed by atoms with Gasteiger partial charge in [0.15, 0.2) is 0 Å². The first-order chi connectivity index (χ1) is 7.31. The summed E-state index contributed by atoms with van der Waals surface area (Å²) in [5.41, 5.74) is 6.46. The summed E-state index contributed by atoms with van der Waals surface area (Å²) in [6.45, 7) is 0.419. The quantitative estimate of drug-likeness (QED) is 0.462. The molecule has 16 heavy (non-hydrogen) atoms. The normalized spacial score (nSPS) is 10.9. The van der Waals surface area contributed by atoms with E-state index in [1.165, 1.54) is 0 Å². The van der Waals surface area contributed by atoms with Gasteiger partial charge in [0.25, 0.3) is 0 Å². The molecule has 0 bridgehead atoms. The maximum absolute atomic E-state index is 9.92. The summed E-state index contributed by atoms with van der Waals surface area (Å²) in [6.07, 6.45) is -0.257. The zero-order chi connectivity index (χ0) is 13.1. The van der Waals surface area contributed by atoms with E-state index >= 15 is 0 Å². The van der Waals surface area contributed by atoms with Crippen LogP contribution in [0.25, 0.3) is 0 Å². The van der Waals surface area contributed by atoms with Gasteiger partial charge in [-0.15, -0.1) is 0 Å². The largest absolute Gasteiger partial charge is 0.550 e. The molecule has 0 aromatic carbocycles. The first kappa shape index (κ1) is 16.7. The molecule has 1 atom stereocenters. The van der Waals surface area contributed by atoms with Gasteiger partial charge >= 0.3 is 0 Å². The number of quaternary nitrogens is 2. The lowest BCUT2D eigenvalue weighted by atomic mass is 10.2. The van der Waals surface area contributed by atoms with Crippen LogP contribution in [0.5, 0.6) is 0 Å². The number of carboxylic acids is 3. The van der Waals surface area contributed by atoms with E-state index in [9.17, 15) is 29.7 Å². The number of hydrogen-bond donors (Lipinski definition) is 2. The number of rotatable bonds is 6. The van der Waals surface area contributed by atoms with Gasteiger partial charge < -0.3 is 41.2 Å². The van der Waals surface area contributed by atoms with E-state index in [4.69, 9.17) is 0 Å². The van der Waals surface area contributed by atoms with Crippen molar-refractivity contribution < 1.29 is 41.2 Å². The third-order valence-corrected chi connectivity index (χ3v) is 1.41. The van der Waals surface area contributed by atoms with Crippen LogP contribution in [-0.2, 0) is 14.4 Å². The predicted molar refractivity (Wildman–Crippen MR) is 43.3 cm³/mol. The zero-order valence-corrected chi connectivity index (χ0v) is 8.77. The fraction of sp³-hybridized carbons (Fsp3) is 0.625. The Labute approximate surface area is 91.8 Å². The minimum atomic E-state index is -1.33. The molecule has 0 aliphatic heterocycles. The van der Waals surface area contributed by atoms with Gasteiger partial charge in [0, 0.05) is 24.8 Å². The van der Waals surface area contributed by atoms with E-state index in [1.54, 1.807) is 0 Å². The molecule has 0 aromatic rings. The zero-order valence-electron chi connectivity index (χ0n) is 8.77. The fourth-order valence-corrected chi connectivity index (χ4v) is 0.554. The first-order valence-electron chi connectivity index (χ1n) is 4.54. The van der Waals surface area contributed by atoms with Crippen molar-refractivity contribution >= 4 is 17.9 Å². The molecule has 94 valence electrons. The number of carbonyl (C=O) groups excluding carboxylic acids is 3. The van der Waals surface area contributed by atoms with E-state index in [-0.39, 0.29) is 19.3 Å². The van der Waals surface area contributed by atoms with Gasteiger partial charge in [0.1, 0.15) is 6.04 Å². The second kappa shape index (κ2) is 9.87. The van der Waals surface area contributed by atoms with E-state index in [2.05, 4.69) is 11.5 Å². The number of hydrogen-bond acceptors (Lipinski definition) is 6. The van der Waals surface area contributed by atoms with E-state index in [0.717, 1.165) is 0 Å². The van der Waals surface area contributed by atoms with Crippen LogP contribution >= 0.6 is 0 Å². The summed E-state index contributed by atoms with van der Waals surface area (Å²) >= 11 is 0. The lowest BCUT2D eigenvalue weighted by Crippen LogP contribution is -2.68. The van der Waals surface area contributed by atoms with Crippen molar-refractivity contribution in [1.29, 1.82) is 0 Å². The molecule has 6 N–H and O–H groups in total. The van der Waals surface area contributed by atoms with Crippen LogP contribution in [0.2, 0.25) is 0 Å². The molecule has 0 saturated carbocycles. The van der Waals surface area contributed by atoms with Crippen molar-refractivity contribution in [2.75, 3.05) is 6.54 Å². The number of aliphatic carboxylic acids is 3. The molecule has 0 fully saturated rings. The standard InChI is InChI=1S/C5H9NO4.C3H7NO2/c6-3(5(9)10)1-2-4(7)8;4-2-1-3(5)6/h3H,1-2,6H2,(H,7,8)(H,9,10);1-2,4H2,(H,5,6)/p-1. The summed E-state index contributed by atoms with van der Waals surface area (Å²) in [5, 5.41) is 29.1. The molecule has 0 radical (unpaired) electrons. The molecule has 0 aromatic heterocycles. The van der Waals surface area contributed by atoms with Crippen molar-refractivity contribution in [3.05, 3.63) is 0 Å². The topological polar surface area (TPSA) is 176 Å². The maximum Gasteiger partial charge on any atom is 0.125 e. The summed E-state index contributed by atoms with van der Waals surface area (Å²) in [4.78, 5) is 29.1. The van der Waals surface area contributed by atoms with Crippen LogP contribution in [-0.4, -0.2) is 30.5 Å². The van der Waals surface area contributed by atoms with Crippen LogP contribution in [0.15, 0.2) is 0 Å². The van der Waals surface area contributed by atoms with Crippen molar-refractivity contribution in [3.8, 4) is 0 Å². The molecule has 1 unspecified atom stereocenters. The highest BCUT2D eigenvalue weighted by atomic mass is 16.4. The molecule has 8 heteroatoms. The Kier molecular flexibility index (Phi) is 10.3. The van der Waals surface area contributed by atoms with Gasteiger partial charge in [0.05, 0.1) is 12.5 Å². The van der Waals surface area contributed by atoms with Crippen molar-refractivity contribution in [1.82, 2.24) is 0 Å². The Hall–Kier alpha value is -1.67. The average molecular weight is 235 g/mol. The van der Waals surface area contributed by atoms with Gasteiger partial charge in [-0.25, -0.2) is 0 Å². The van der Waals surface area contributed by atoms with Gasteiger partial charge in [-0.2, -0.15) is 0 Å². The smallest absolute Gasteiger partial charge is 0.125 e. The van der Waals surface area contributed by atoms with Gasteiger partial charge in [-0.05, 0) is 6.42 Å². The lowest BCUT2D eigenvalue weighted by molar-refractivity contribution is -0.438. The van der Waals surface area contributed by atoms with Crippen LogP contribution in [0.4, 0.5) is 0 Å². The van der Waals surface area contributed by atoms with Gasteiger partial charge in [-0.3, -0.25) is 0 Å². The summed E-state index contributed by atoms with van der Waals surface area (Å²) < 4.78 is 0.